The maximum atomic E-state index is 13.0. The van der Waals surface area contributed by atoms with E-state index in [1.165, 1.54) is 10.4 Å². The summed E-state index contributed by atoms with van der Waals surface area (Å²) >= 11 is 0. The summed E-state index contributed by atoms with van der Waals surface area (Å²) in [6.45, 7) is 7.62. The third kappa shape index (κ3) is 4.77. The van der Waals surface area contributed by atoms with Crippen molar-refractivity contribution < 1.29 is 17.9 Å². The molecule has 1 aliphatic rings. The molecule has 1 saturated heterocycles. The molecular weight excluding hydrogens is 390 g/mol. The van der Waals surface area contributed by atoms with Gasteiger partial charge in [-0.2, -0.15) is 4.31 Å². The number of aryl methyl sites for hydroxylation is 2. The van der Waals surface area contributed by atoms with Crippen molar-refractivity contribution >= 4 is 21.6 Å². The fourth-order valence-corrected chi connectivity index (χ4v) is 4.84. The first-order valence-corrected chi connectivity index (χ1v) is 11.1. The first-order chi connectivity index (χ1) is 13.8. The highest BCUT2D eigenvalue weighted by atomic mass is 32.2. The Morgan fingerprint density at radius 1 is 1.10 bits per heavy atom. The Balaban J connectivity index is 1.84. The van der Waals surface area contributed by atoms with Crippen LogP contribution in [-0.4, -0.2) is 51.5 Å². The zero-order valence-corrected chi connectivity index (χ0v) is 17.8. The largest absolute Gasteiger partial charge is 0.379 e. The van der Waals surface area contributed by atoms with E-state index in [4.69, 9.17) is 4.74 Å². The minimum Gasteiger partial charge on any atom is -0.379 e. The van der Waals surface area contributed by atoms with Gasteiger partial charge in [-0.1, -0.05) is 23.8 Å². The number of hydrogen-bond acceptors (Lipinski definition) is 5. The molecule has 0 atom stereocenters. The van der Waals surface area contributed by atoms with E-state index in [9.17, 15) is 13.2 Å². The van der Waals surface area contributed by atoms with Gasteiger partial charge in [0.2, 0.25) is 10.0 Å². The number of nitrogens with one attached hydrogen (secondary N) is 1. The lowest BCUT2D eigenvalue weighted by Gasteiger charge is -2.27. The first kappa shape index (κ1) is 21.3. The molecule has 8 heteroatoms. The van der Waals surface area contributed by atoms with Crippen LogP contribution in [0.25, 0.3) is 0 Å². The van der Waals surface area contributed by atoms with E-state index in [0.717, 1.165) is 11.3 Å². The Kier molecular flexibility index (Phi) is 6.56. The van der Waals surface area contributed by atoms with Crippen molar-refractivity contribution in [2.75, 3.05) is 37.9 Å². The SMILES string of the molecule is CCN(NC(=O)c1ccc(C)c(S(=O)(=O)N2CCOCC2)c1)c1ccc(C)cc1. The number of sulfonamides is 1. The summed E-state index contributed by atoms with van der Waals surface area (Å²) in [4.78, 5) is 13.0. The highest BCUT2D eigenvalue weighted by molar-refractivity contribution is 7.89. The second kappa shape index (κ2) is 8.94. The Labute approximate surface area is 172 Å². The second-order valence-electron chi connectivity index (χ2n) is 7.02. The Morgan fingerprint density at radius 3 is 2.38 bits per heavy atom. The molecule has 1 aliphatic heterocycles. The number of anilines is 1. The molecule has 3 rings (SSSR count). The number of benzene rings is 2. The smallest absolute Gasteiger partial charge is 0.269 e. The number of nitrogens with zero attached hydrogens (tertiary/aromatic N) is 2. The van der Waals surface area contributed by atoms with Crippen LogP contribution in [0.4, 0.5) is 5.69 Å². The van der Waals surface area contributed by atoms with Crippen LogP contribution in [0, 0.1) is 13.8 Å². The van der Waals surface area contributed by atoms with Crippen molar-refractivity contribution in [3.05, 3.63) is 59.2 Å². The zero-order chi connectivity index (χ0) is 21.0. The molecule has 29 heavy (non-hydrogen) atoms. The van der Waals surface area contributed by atoms with E-state index in [2.05, 4.69) is 5.43 Å². The van der Waals surface area contributed by atoms with Gasteiger partial charge in [0.05, 0.1) is 23.8 Å². The molecule has 2 aromatic carbocycles. The van der Waals surface area contributed by atoms with E-state index in [0.29, 0.717) is 44.0 Å². The molecule has 0 saturated carbocycles. The zero-order valence-electron chi connectivity index (χ0n) is 17.0. The predicted molar refractivity (Wildman–Crippen MR) is 112 cm³/mol. The number of carbonyl (C=O) groups is 1. The number of hydrazine groups is 1. The monoisotopic (exact) mass is 417 g/mol. The van der Waals surface area contributed by atoms with Crippen molar-refractivity contribution in [2.24, 2.45) is 0 Å². The fourth-order valence-electron chi connectivity index (χ4n) is 3.18. The highest BCUT2D eigenvalue weighted by Crippen LogP contribution is 2.23. The minimum atomic E-state index is -3.68. The average Bonchev–Trinajstić information content (AvgIpc) is 2.73. The van der Waals surface area contributed by atoms with Crippen molar-refractivity contribution in [3.8, 4) is 0 Å². The summed E-state index contributed by atoms with van der Waals surface area (Å²) in [6, 6.07) is 12.6. The van der Waals surface area contributed by atoms with Gasteiger partial charge in [0.15, 0.2) is 0 Å². The number of carbonyl (C=O) groups excluding carboxylic acids is 1. The number of rotatable bonds is 6. The van der Waals surface area contributed by atoms with Crippen molar-refractivity contribution in [3.63, 3.8) is 0 Å². The van der Waals surface area contributed by atoms with Crippen LogP contribution in [0.1, 0.15) is 28.4 Å². The van der Waals surface area contributed by atoms with E-state index in [1.54, 1.807) is 24.1 Å². The lowest BCUT2D eigenvalue weighted by Crippen LogP contribution is -2.42. The molecular formula is C21H27N3O4S. The van der Waals surface area contributed by atoms with Gasteiger partial charge in [0.25, 0.3) is 5.91 Å². The summed E-state index contributed by atoms with van der Waals surface area (Å²) in [5, 5.41) is 1.73. The van der Waals surface area contributed by atoms with Crippen LogP contribution in [0.5, 0.6) is 0 Å². The maximum Gasteiger partial charge on any atom is 0.269 e. The van der Waals surface area contributed by atoms with Gasteiger partial charge in [-0.25, -0.2) is 8.42 Å². The Bertz CT molecular complexity index is 968. The summed E-state index contributed by atoms with van der Waals surface area (Å²) in [7, 11) is -3.68. The summed E-state index contributed by atoms with van der Waals surface area (Å²) < 4.78 is 32.7. The lowest BCUT2D eigenvalue weighted by atomic mass is 10.1. The van der Waals surface area contributed by atoms with Crippen LogP contribution in [0.3, 0.4) is 0 Å². The Hall–Kier alpha value is -2.42. The molecule has 0 aromatic heterocycles. The minimum absolute atomic E-state index is 0.158. The molecule has 7 nitrogen and oxygen atoms in total. The third-order valence-corrected chi connectivity index (χ3v) is 6.98. The van der Waals surface area contributed by atoms with E-state index >= 15 is 0 Å². The molecule has 0 bridgehead atoms. The van der Waals surface area contributed by atoms with Crippen molar-refractivity contribution in [1.29, 1.82) is 0 Å². The molecule has 0 aliphatic carbocycles. The van der Waals surface area contributed by atoms with Crippen LogP contribution in [0.15, 0.2) is 47.4 Å². The lowest BCUT2D eigenvalue weighted by molar-refractivity contribution is 0.0730. The quantitative estimate of drug-likeness (QED) is 0.731. The molecule has 156 valence electrons. The summed E-state index contributed by atoms with van der Waals surface area (Å²) in [6.07, 6.45) is 0. The summed E-state index contributed by atoms with van der Waals surface area (Å²) in [5.41, 5.74) is 5.76. The van der Waals surface area contributed by atoms with Crippen molar-refractivity contribution in [1.82, 2.24) is 9.73 Å². The van der Waals surface area contributed by atoms with Crippen LogP contribution >= 0.6 is 0 Å². The van der Waals surface area contributed by atoms with Crippen molar-refractivity contribution in [2.45, 2.75) is 25.7 Å². The van der Waals surface area contributed by atoms with Gasteiger partial charge in [-0.3, -0.25) is 15.2 Å². The number of ether oxygens (including phenoxy) is 1. The second-order valence-corrected chi connectivity index (χ2v) is 8.92. The van der Waals surface area contributed by atoms with Gasteiger partial charge >= 0.3 is 0 Å². The molecule has 2 aromatic rings. The molecule has 1 N–H and O–H groups in total. The van der Waals surface area contributed by atoms with Crippen LogP contribution in [0.2, 0.25) is 0 Å². The number of hydrogen-bond donors (Lipinski definition) is 1. The molecule has 1 fully saturated rings. The van der Waals surface area contributed by atoms with Gasteiger partial charge < -0.3 is 4.74 Å². The predicted octanol–water partition coefficient (Wildman–Crippen LogP) is 2.50. The normalized spacial score (nSPS) is 15.1. The summed E-state index contributed by atoms with van der Waals surface area (Å²) in [5.74, 6) is -0.356. The van der Waals surface area contributed by atoms with E-state index in [-0.39, 0.29) is 10.8 Å². The number of amides is 1. The first-order valence-electron chi connectivity index (χ1n) is 9.66. The maximum absolute atomic E-state index is 13.0. The van der Waals surface area contributed by atoms with Gasteiger partial charge in [0.1, 0.15) is 0 Å². The number of morpholine rings is 1. The van der Waals surface area contributed by atoms with E-state index < -0.39 is 10.0 Å². The van der Waals surface area contributed by atoms with Crippen LogP contribution < -0.4 is 10.4 Å². The standard InChI is InChI=1S/C21H27N3O4S/c1-4-24(19-9-5-16(2)6-10-19)22-21(25)18-8-7-17(3)20(15-18)29(26,27)23-11-13-28-14-12-23/h5-10,15H,4,11-14H2,1-3H3,(H,22,25). The molecule has 1 heterocycles. The molecule has 0 radical (unpaired) electrons. The molecule has 0 spiro atoms. The highest BCUT2D eigenvalue weighted by Gasteiger charge is 2.28. The van der Waals surface area contributed by atoms with Crippen LogP contribution in [-0.2, 0) is 14.8 Å². The molecule has 0 unspecified atom stereocenters. The topological polar surface area (TPSA) is 79.0 Å². The van der Waals surface area contributed by atoms with Gasteiger partial charge in [0, 0.05) is 25.2 Å². The Morgan fingerprint density at radius 2 is 1.76 bits per heavy atom. The average molecular weight is 418 g/mol. The van der Waals surface area contributed by atoms with E-state index in [1.807, 2.05) is 38.1 Å². The fraction of sp³-hybridized carbons (Fsp3) is 0.381. The van der Waals surface area contributed by atoms with Gasteiger partial charge in [-0.05, 0) is 50.6 Å². The molecule has 1 amide bonds. The third-order valence-electron chi connectivity index (χ3n) is 4.94. The van der Waals surface area contributed by atoms with Gasteiger partial charge in [-0.15, -0.1) is 0 Å².